The maximum Gasteiger partial charge on any atom is 0.235 e. The van der Waals surface area contributed by atoms with E-state index in [1.165, 1.54) is 6.92 Å². The molecule has 1 fully saturated rings. The first-order valence-electron chi connectivity index (χ1n) is 10.8. The number of hydrogen-bond acceptors (Lipinski definition) is 6. The highest BCUT2D eigenvalue weighted by atomic mass is 19.1. The number of fused-ring (bicyclic) bond motifs is 1. The Morgan fingerprint density at radius 1 is 1.34 bits per heavy atom. The van der Waals surface area contributed by atoms with Gasteiger partial charge in [0.1, 0.15) is 17.0 Å². The molecule has 3 heterocycles. The number of alkyl halides is 1. The second-order valence-corrected chi connectivity index (χ2v) is 8.73. The highest BCUT2D eigenvalue weighted by molar-refractivity contribution is 6.00. The number of carbonyl (C=O) groups is 1. The van der Waals surface area contributed by atoms with Crippen molar-refractivity contribution >= 4 is 16.8 Å². The van der Waals surface area contributed by atoms with Crippen LogP contribution in [0.15, 0.2) is 36.5 Å². The van der Waals surface area contributed by atoms with Gasteiger partial charge in [-0.1, -0.05) is 12.1 Å². The van der Waals surface area contributed by atoms with E-state index in [9.17, 15) is 14.3 Å². The third-order valence-electron chi connectivity index (χ3n) is 5.82. The second kappa shape index (κ2) is 8.96. The average molecular weight is 442 g/mol. The Morgan fingerprint density at radius 3 is 2.81 bits per heavy atom. The summed E-state index contributed by atoms with van der Waals surface area (Å²) in [5.41, 5.74) is 2.74. The summed E-state index contributed by atoms with van der Waals surface area (Å²) in [6.07, 6.45) is 1.01. The number of nitrogens with zero attached hydrogens (tertiary/aromatic N) is 3. The fraction of sp³-hybridized carbons (Fsp3) is 0.458. The van der Waals surface area contributed by atoms with Crippen LogP contribution in [0.1, 0.15) is 50.0 Å². The first-order chi connectivity index (χ1) is 15.3. The van der Waals surface area contributed by atoms with Crippen molar-refractivity contribution in [3.63, 3.8) is 0 Å². The van der Waals surface area contributed by atoms with Crippen molar-refractivity contribution in [1.29, 1.82) is 0 Å². The van der Waals surface area contributed by atoms with Crippen LogP contribution in [0.5, 0.6) is 5.75 Å². The van der Waals surface area contributed by atoms with Crippen LogP contribution in [-0.2, 0) is 4.74 Å². The number of aliphatic hydroxyl groups is 1. The zero-order valence-electron chi connectivity index (χ0n) is 18.5. The first kappa shape index (κ1) is 22.4. The van der Waals surface area contributed by atoms with Gasteiger partial charge < -0.3 is 14.6 Å². The van der Waals surface area contributed by atoms with Crippen molar-refractivity contribution < 1.29 is 23.8 Å². The van der Waals surface area contributed by atoms with Gasteiger partial charge in [0, 0.05) is 48.7 Å². The molecule has 2 aromatic heterocycles. The molecule has 0 radical (unpaired) electrons. The van der Waals surface area contributed by atoms with Crippen molar-refractivity contribution in [3.05, 3.63) is 42.1 Å². The van der Waals surface area contributed by atoms with Gasteiger partial charge in [-0.15, -0.1) is 0 Å². The quantitative estimate of drug-likeness (QED) is 0.523. The normalized spacial score (nSPS) is 19.6. The van der Waals surface area contributed by atoms with Crippen molar-refractivity contribution in [2.24, 2.45) is 5.41 Å². The minimum atomic E-state index is -1.42. The van der Waals surface area contributed by atoms with Crippen LogP contribution in [0.2, 0.25) is 0 Å². The number of aliphatic hydroxyl groups excluding tert-OH is 1. The third kappa shape index (κ3) is 4.38. The number of rotatable bonds is 8. The number of ketones is 1. The minimum absolute atomic E-state index is 0.0377. The average Bonchev–Trinajstić information content (AvgIpc) is 3.38. The number of benzene rings is 1. The van der Waals surface area contributed by atoms with Gasteiger partial charge in [-0.3, -0.25) is 14.5 Å². The van der Waals surface area contributed by atoms with E-state index in [0.717, 1.165) is 11.1 Å². The molecule has 1 unspecified atom stereocenters. The van der Waals surface area contributed by atoms with Crippen LogP contribution in [0.4, 0.5) is 4.39 Å². The Balaban J connectivity index is 1.72. The summed E-state index contributed by atoms with van der Waals surface area (Å²) in [4.78, 5) is 17.6. The molecule has 0 bridgehead atoms. The minimum Gasteiger partial charge on any atom is -0.461 e. The number of Topliss-reactive ketones (excluding diaryl/α,β-unsaturated/α-hetero) is 1. The third-order valence-corrected chi connectivity index (χ3v) is 5.82. The molecule has 2 atom stereocenters. The monoisotopic (exact) mass is 441 g/mol. The number of hydrogen-bond donors (Lipinski definition) is 1. The lowest BCUT2D eigenvalue weighted by atomic mass is 9.82. The predicted molar refractivity (Wildman–Crippen MR) is 118 cm³/mol. The Labute approximate surface area is 186 Å². The maximum atomic E-state index is 13.3. The number of halogens is 1. The van der Waals surface area contributed by atoms with Gasteiger partial charge in [-0.2, -0.15) is 5.10 Å². The van der Waals surface area contributed by atoms with Crippen LogP contribution in [0.25, 0.3) is 22.3 Å². The van der Waals surface area contributed by atoms with Crippen molar-refractivity contribution in [2.75, 3.05) is 19.8 Å². The van der Waals surface area contributed by atoms with E-state index < -0.39 is 11.8 Å². The van der Waals surface area contributed by atoms with Gasteiger partial charge in [0.15, 0.2) is 5.78 Å². The second-order valence-electron chi connectivity index (χ2n) is 8.73. The fourth-order valence-corrected chi connectivity index (χ4v) is 4.08. The zero-order valence-corrected chi connectivity index (χ0v) is 18.5. The maximum absolute atomic E-state index is 13.3. The van der Waals surface area contributed by atoms with Crippen LogP contribution in [0, 0.1) is 5.41 Å². The molecule has 0 spiro atoms. The lowest BCUT2D eigenvalue weighted by molar-refractivity contribution is 0.0687. The van der Waals surface area contributed by atoms with Crippen molar-refractivity contribution in [2.45, 2.75) is 46.0 Å². The van der Waals surface area contributed by atoms with Crippen molar-refractivity contribution in [3.8, 4) is 17.0 Å². The lowest BCUT2D eigenvalue weighted by Crippen LogP contribution is -2.29. The number of pyridine rings is 1. The zero-order chi connectivity index (χ0) is 22.9. The summed E-state index contributed by atoms with van der Waals surface area (Å²) in [5, 5.41) is 14.6. The molecule has 170 valence electrons. The molecule has 1 aliphatic rings. The van der Waals surface area contributed by atoms with Crippen LogP contribution in [-0.4, -0.2) is 51.8 Å². The van der Waals surface area contributed by atoms with E-state index in [2.05, 4.69) is 4.98 Å². The van der Waals surface area contributed by atoms with E-state index in [1.807, 2.05) is 30.7 Å². The number of ether oxygens (including phenoxy) is 2. The van der Waals surface area contributed by atoms with Gasteiger partial charge in [0.2, 0.25) is 6.36 Å². The Hall–Kier alpha value is -2.84. The van der Waals surface area contributed by atoms with Gasteiger partial charge in [0.25, 0.3) is 0 Å². The highest BCUT2D eigenvalue weighted by Crippen LogP contribution is 2.35. The summed E-state index contributed by atoms with van der Waals surface area (Å²) in [7, 11) is 0. The van der Waals surface area contributed by atoms with E-state index >= 15 is 0 Å². The van der Waals surface area contributed by atoms with Crippen LogP contribution in [0.3, 0.4) is 0 Å². The van der Waals surface area contributed by atoms with Gasteiger partial charge >= 0.3 is 0 Å². The Kier molecular flexibility index (Phi) is 6.26. The summed E-state index contributed by atoms with van der Waals surface area (Å²) < 4.78 is 25.7. The molecule has 7 nitrogen and oxygen atoms in total. The summed E-state index contributed by atoms with van der Waals surface area (Å²) in [5.74, 6) is 0.328. The van der Waals surface area contributed by atoms with Crippen LogP contribution >= 0.6 is 0 Å². The smallest absolute Gasteiger partial charge is 0.235 e. The summed E-state index contributed by atoms with van der Waals surface area (Å²) in [6.45, 7) is 6.19. The molecule has 1 saturated heterocycles. The Morgan fingerprint density at radius 2 is 2.16 bits per heavy atom. The Bertz CT molecular complexity index is 1120. The van der Waals surface area contributed by atoms with E-state index in [0.29, 0.717) is 42.2 Å². The summed E-state index contributed by atoms with van der Waals surface area (Å²) >= 11 is 0. The topological polar surface area (TPSA) is 86.5 Å². The van der Waals surface area contributed by atoms with Gasteiger partial charge in [-0.05, 0) is 38.5 Å². The molecule has 1 aliphatic heterocycles. The molecular weight excluding hydrogens is 413 g/mol. The molecule has 0 aliphatic carbocycles. The molecule has 1 aromatic carbocycles. The van der Waals surface area contributed by atoms with E-state index in [4.69, 9.17) is 14.6 Å². The highest BCUT2D eigenvalue weighted by Gasteiger charge is 2.37. The molecule has 32 heavy (non-hydrogen) atoms. The SMILES string of the molecule is CC(F)Oc1cccc(-c2nn(C(C)C)c3cc(C(=O)C[C@@]4(CO)CCOC4)cnc23)c1. The molecule has 8 heteroatoms. The summed E-state index contributed by atoms with van der Waals surface area (Å²) in [6, 6.07) is 8.92. The van der Waals surface area contributed by atoms with E-state index in [-0.39, 0.29) is 24.9 Å². The fourth-order valence-electron chi connectivity index (χ4n) is 4.08. The molecule has 0 amide bonds. The van der Waals surface area contributed by atoms with E-state index in [1.54, 1.807) is 24.4 Å². The predicted octanol–water partition coefficient (Wildman–Crippen LogP) is 4.35. The molecule has 0 saturated carbocycles. The molecule has 3 aromatic rings. The molecular formula is C24H28FN3O4. The lowest BCUT2D eigenvalue weighted by Gasteiger charge is -2.23. The molecule has 1 N–H and O–H groups in total. The molecule has 4 rings (SSSR count). The van der Waals surface area contributed by atoms with Gasteiger partial charge in [0.05, 0.1) is 18.7 Å². The van der Waals surface area contributed by atoms with Gasteiger partial charge in [-0.25, -0.2) is 4.39 Å². The number of carbonyl (C=O) groups excluding carboxylic acids is 1. The number of aromatic nitrogens is 3. The first-order valence-corrected chi connectivity index (χ1v) is 10.8. The standard InChI is InChI=1S/C24H28FN3O4/c1-15(2)28-20-10-18(21(30)11-24(13-29)7-8-31-14-24)12-26-23(20)22(27-28)17-5-4-6-19(9-17)32-16(3)25/h4-6,9-10,12,15-16,29H,7-8,11,13-14H2,1-3H3/t16?,24-/m1/s1. The largest absolute Gasteiger partial charge is 0.461 e. The van der Waals surface area contributed by atoms with Crippen molar-refractivity contribution in [1.82, 2.24) is 14.8 Å². The van der Waals surface area contributed by atoms with Crippen LogP contribution < -0.4 is 4.74 Å².